The molecule has 1 aromatic carbocycles. The van der Waals surface area contributed by atoms with Crippen molar-refractivity contribution >= 4 is 11.8 Å². The molecule has 0 bridgehead atoms. The molecule has 0 atom stereocenters. The van der Waals surface area contributed by atoms with Gasteiger partial charge in [-0.15, -0.1) is 0 Å². The summed E-state index contributed by atoms with van der Waals surface area (Å²) in [6.45, 7) is 2.77. The van der Waals surface area contributed by atoms with Crippen LogP contribution in [0, 0.1) is 0 Å². The Balaban J connectivity index is 1.90. The fourth-order valence-corrected chi connectivity index (χ4v) is 2.19. The van der Waals surface area contributed by atoms with Crippen LogP contribution in [0.5, 0.6) is 0 Å². The zero-order valence-electron chi connectivity index (χ0n) is 11.1. The van der Waals surface area contributed by atoms with Crippen molar-refractivity contribution in [1.29, 1.82) is 0 Å². The highest BCUT2D eigenvalue weighted by Gasteiger charge is 2.24. The summed E-state index contributed by atoms with van der Waals surface area (Å²) in [4.78, 5) is 27.5. The first-order chi connectivity index (χ1) is 9.22. The van der Waals surface area contributed by atoms with Gasteiger partial charge in [0.05, 0.1) is 6.54 Å². The molecule has 2 rings (SSSR count). The number of hydrogen-bond donors (Lipinski definition) is 1. The van der Waals surface area contributed by atoms with E-state index in [0.717, 1.165) is 0 Å². The Kier molecular flexibility index (Phi) is 4.52. The standard InChI is InChI=1S/C14H19N3O2/c1-15-11-13(18)16-7-9-17(10-8-16)14(19)12-5-3-2-4-6-12/h2-6,15H,7-11H2,1H3. The van der Waals surface area contributed by atoms with Crippen molar-refractivity contribution in [3.8, 4) is 0 Å². The lowest BCUT2D eigenvalue weighted by atomic mass is 10.2. The molecule has 0 saturated carbocycles. The lowest BCUT2D eigenvalue weighted by molar-refractivity contribution is -0.131. The van der Waals surface area contributed by atoms with Crippen molar-refractivity contribution in [3.63, 3.8) is 0 Å². The second-order valence-electron chi connectivity index (χ2n) is 4.57. The van der Waals surface area contributed by atoms with Gasteiger partial charge in [-0.3, -0.25) is 9.59 Å². The zero-order chi connectivity index (χ0) is 13.7. The summed E-state index contributed by atoms with van der Waals surface area (Å²) in [5, 5.41) is 2.85. The molecule has 0 radical (unpaired) electrons. The van der Waals surface area contributed by atoms with Crippen LogP contribution < -0.4 is 5.32 Å². The Morgan fingerprint density at radius 1 is 1.05 bits per heavy atom. The number of rotatable bonds is 3. The van der Waals surface area contributed by atoms with Gasteiger partial charge < -0.3 is 15.1 Å². The highest BCUT2D eigenvalue weighted by atomic mass is 16.2. The minimum atomic E-state index is 0.0429. The predicted molar refractivity (Wildman–Crippen MR) is 72.9 cm³/mol. The van der Waals surface area contributed by atoms with E-state index in [-0.39, 0.29) is 11.8 Å². The molecule has 0 aromatic heterocycles. The van der Waals surface area contributed by atoms with Gasteiger partial charge >= 0.3 is 0 Å². The van der Waals surface area contributed by atoms with Crippen LogP contribution >= 0.6 is 0 Å². The molecule has 1 saturated heterocycles. The SMILES string of the molecule is CNCC(=O)N1CCN(C(=O)c2ccccc2)CC1. The summed E-state index contributed by atoms with van der Waals surface area (Å²) in [6, 6.07) is 9.26. The Hall–Kier alpha value is -1.88. The largest absolute Gasteiger partial charge is 0.338 e. The van der Waals surface area contributed by atoms with E-state index < -0.39 is 0 Å². The minimum absolute atomic E-state index is 0.0429. The third-order valence-electron chi connectivity index (χ3n) is 3.27. The van der Waals surface area contributed by atoms with E-state index in [2.05, 4.69) is 5.32 Å². The average Bonchev–Trinajstić information content (AvgIpc) is 2.48. The maximum atomic E-state index is 12.2. The molecule has 1 aliphatic heterocycles. The topological polar surface area (TPSA) is 52.7 Å². The molecule has 0 aliphatic carbocycles. The van der Waals surface area contributed by atoms with Gasteiger partial charge in [-0.2, -0.15) is 0 Å². The van der Waals surface area contributed by atoms with Crippen LogP contribution in [0.1, 0.15) is 10.4 Å². The van der Waals surface area contributed by atoms with Gasteiger partial charge in [0.15, 0.2) is 0 Å². The number of nitrogens with one attached hydrogen (secondary N) is 1. The third kappa shape index (κ3) is 3.32. The van der Waals surface area contributed by atoms with Crippen molar-refractivity contribution in [1.82, 2.24) is 15.1 Å². The van der Waals surface area contributed by atoms with Crippen LogP contribution in [-0.2, 0) is 4.79 Å². The summed E-state index contributed by atoms with van der Waals surface area (Å²) in [7, 11) is 1.76. The van der Waals surface area contributed by atoms with Gasteiger partial charge in [-0.1, -0.05) is 18.2 Å². The second kappa shape index (κ2) is 6.33. The molecule has 19 heavy (non-hydrogen) atoms. The normalized spacial score (nSPS) is 15.4. The average molecular weight is 261 g/mol. The van der Waals surface area contributed by atoms with Gasteiger partial charge in [-0.25, -0.2) is 0 Å². The van der Waals surface area contributed by atoms with E-state index >= 15 is 0 Å². The molecule has 1 aliphatic rings. The smallest absolute Gasteiger partial charge is 0.253 e. The summed E-state index contributed by atoms with van der Waals surface area (Å²) in [5.74, 6) is 0.135. The van der Waals surface area contributed by atoms with Crippen molar-refractivity contribution in [2.45, 2.75) is 0 Å². The quantitative estimate of drug-likeness (QED) is 0.845. The molecular weight excluding hydrogens is 242 g/mol. The van der Waals surface area contributed by atoms with Crippen molar-refractivity contribution < 1.29 is 9.59 Å². The van der Waals surface area contributed by atoms with Crippen LogP contribution in [0.25, 0.3) is 0 Å². The van der Waals surface area contributed by atoms with E-state index in [9.17, 15) is 9.59 Å². The minimum Gasteiger partial charge on any atom is -0.338 e. The third-order valence-corrected chi connectivity index (χ3v) is 3.27. The maximum Gasteiger partial charge on any atom is 0.253 e. The number of hydrogen-bond acceptors (Lipinski definition) is 3. The van der Waals surface area contributed by atoms with E-state index in [0.29, 0.717) is 38.3 Å². The first-order valence-electron chi connectivity index (χ1n) is 6.49. The van der Waals surface area contributed by atoms with Crippen LogP contribution in [0.4, 0.5) is 0 Å². The zero-order valence-corrected chi connectivity index (χ0v) is 11.1. The highest BCUT2D eigenvalue weighted by Crippen LogP contribution is 2.08. The Morgan fingerprint density at radius 3 is 2.21 bits per heavy atom. The number of likely N-dealkylation sites (N-methyl/N-ethyl adjacent to an activating group) is 1. The van der Waals surface area contributed by atoms with Crippen LogP contribution in [0.2, 0.25) is 0 Å². The van der Waals surface area contributed by atoms with Crippen LogP contribution in [-0.4, -0.2) is 61.4 Å². The molecule has 0 unspecified atom stereocenters. The molecule has 1 heterocycles. The molecule has 5 heteroatoms. The fourth-order valence-electron chi connectivity index (χ4n) is 2.19. The molecule has 2 amide bonds. The number of benzene rings is 1. The number of carbonyl (C=O) groups is 2. The van der Waals surface area contributed by atoms with E-state index in [4.69, 9.17) is 0 Å². The summed E-state index contributed by atoms with van der Waals surface area (Å²) < 4.78 is 0. The monoisotopic (exact) mass is 261 g/mol. The van der Waals surface area contributed by atoms with E-state index in [1.54, 1.807) is 16.8 Å². The summed E-state index contributed by atoms with van der Waals surface area (Å²) in [5.41, 5.74) is 0.706. The van der Waals surface area contributed by atoms with Crippen LogP contribution in [0.3, 0.4) is 0 Å². The Morgan fingerprint density at radius 2 is 1.63 bits per heavy atom. The van der Waals surface area contributed by atoms with Gasteiger partial charge in [0.1, 0.15) is 0 Å². The fraction of sp³-hybridized carbons (Fsp3) is 0.429. The van der Waals surface area contributed by atoms with Gasteiger partial charge in [0.2, 0.25) is 5.91 Å². The number of carbonyl (C=O) groups excluding carboxylic acids is 2. The van der Waals surface area contributed by atoms with Crippen molar-refractivity contribution in [2.75, 3.05) is 39.8 Å². The van der Waals surface area contributed by atoms with Gasteiger partial charge in [-0.05, 0) is 19.2 Å². The van der Waals surface area contributed by atoms with Crippen molar-refractivity contribution in [3.05, 3.63) is 35.9 Å². The van der Waals surface area contributed by atoms with Gasteiger partial charge in [0.25, 0.3) is 5.91 Å². The first kappa shape index (κ1) is 13.5. The molecule has 0 spiro atoms. The van der Waals surface area contributed by atoms with E-state index in [1.165, 1.54) is 0 Å². The molecule has 5 nitrogen and oxygen atoms in total. The summed E-state index contributed by atoms with van der Waals surface area (Å²) in [6.07, 6.45) is 0. The molecule has 1 aromatic rings. The molecule has 102 valence electrons. The van der Waals surface area contributed by atoms with Crippen molar-refractivity contribution in [2.24, 2.45) is 0 Å². The lowest BCUT2D eigenvalue weighted by Gasteiger charge is -2.34. The highest BCUT2D eigenvalue weighted by molar-refractivity contribution is 5.94. The van der Waals surface area contributed by atoms with E-state index in [1.807, 2.05) is 30.3 Å². The predicted octanol–water partition coefficient (Wildman–Crippen LogP) is 0.190. The lowest BCUT2D eigenvalue weighted by Crippen LogP contribution is -2.52. The first-order valence-corrected chi connectivity index (χ1v) is 6.49. The Bertz CT molecular complexity index is 439. The maximum absolute atomic E-state index is 12.2. The molecular formula is C14H19N3O2. The molecule has 1 N–H and O–H groups in total. The Labute approximate surface area is 113 Å². The number of piperazine rings is 1. The molecule has 1 fully saturated rings. The second-order valence-corrected chi connectivity index (χ2v) is 4.57. The van der Waals surface area contributed by atoms with Gasteiger partial charge in [0, 0.05) is 31.7 Å². The number of nitrogens with zero attached hydrogens (tertiary/aromatic N) is 2. The van der Waals surface area contributed by atoms with Crippen LogP contribution in [0.15, 0.2) is 30.3 Å². The summed E-state index contributed by atoms with van der Waals surface area (Å²) >= 11 is 0. The number of amides is 2.